The SMILES string of the molecule is CCCCC[C@H]1CC[C@H](c2cc(F)c(COc3nc4ccc(F)cc4s3)c(F)c2)CC1. The van der Waals surface area contributed by atoms with Gasteiger partial charge < -0.3 is 4.74 Å². The summed E-state index contributed by atoms with van der Waals surface area (Å²) in [5.74, 6) is -0.530. The van der Waals surface area contributed by atoms with Crippen LogP contribution in [0.1, 0.15) is 75.3 Å². The monoisotopic (exact) mass is 447 g/mol. The van der Waals surface area contributed by atoms with Crippen LogP contribution >= 0.6 is 11.3 Å². The Labute approximate surface area is 185 Å². The van der Waals surface area contributed by atoms with Gasteiger partial charge in [0.2, 0.25) is 0 Å². The van der Waals surface area contributed by atoms with Gasteiger partial charge in [0.15, 0.2) is 0 Å². The minimum absolute atomic E-state index is 0.0950. The minimum Gasteiger partial charge on any atom is -0.465 e. The Balaban J connectivity index is 1.38. The molecule has 0 unspecified atom stereocenters. The van der Waals surface area contributed by atoms with Gasteiger partial charge in [0, 0.05) is 0 Å². The normalized spacial score (nSPS) is 19.1. The number of hydrogen-bond acceptors (Lipinski definition) is 3. The van der Waals surface area contributed by atoms with Gasteiger partial charge in [-0.2, -0.15) is 0 Å². The summed E-state index contributed by atoms with van der Waals surface area (Å²) in [6, 6.07) is 7.19. The standard InChI is InChI=1S/C25H28F3NOS/c1-2-3-4-5-16-6-8-17(9-7-16)18-12-21(27)20(22(28)13-18)15-30-25-29-23-11-10-19(26)14-24(23)31-25/h10-14,16-17H,2-9,15H2,1H3/t16-,17-. The van der Waals surface area contributed by atoms with Gasteiger partial charge in [0.05, 0.1) is 15.8 Å². The molecule has 0 N–H and O–H groups in total. The highest BCUT2D eigenvalue weighted by molar-refractivity contribution is 7.20. The maximum absolute atomic E-state index is 14.7. The highest BCUT2D eigenvalue weighted by Crippen LogP contribution is 2.38. The third-order valence-corrected chi connectivity index (χ3v) is 7.30. The molecule has 0 atom stereocenters. The molecule has 0 bridgehead atoms. The predicted octanol–water partition coefficient (Wildman–Crippen LogP) is 8.15. The maximum atomic E-state index is 14.7. The van der Waals surface area contributed by atoms with Crippen LogP contribution in [-0.2, 0) is 6.61 Å². The van der Waals surface area contributed by atoms with E-state index in [2.05, 4.69) is 11.9 Å². The van der Waals surface area contributed by atoms with Gasteiger partial charge in [-0.05, 0) is 73.4 Å². The zero-order chi connectivity index (χ0) is 21.8. The Hall–Kier alpha value is -2.08. The average molecular weight is 448 g/mol. The average Bonchev–Trinajstić information content (AvgIpc) is 3.15. The second-order valence-corrected chi connectivity index (χ2v) is 9.55. The number of rotatable bonds is 8. The largest absolute Gasteiger partial charge is 0.465 e. The smallest absolute Gasteiger partial charge is 0.274 e. The van der Waals surface area contributed by atoms with E-state index in [-0.39, 0.29) is 29.1 Å². The summed E-state index contributed by atoms with van der Waals surface area (Å²) in [5.41, 5.74) is 1.26. The van der Waals surface area contributed by atoms with Gasteiger partial charge in [0.1, 0.15) is 24.1 Å². The van der Waals surface area contributed by atoms with E-state index in [1.807, 2.05) is 0 Å². The molecule has 4 rings (SSSR count). The van der Waals surface area contributed by atoms with Crippen molar-refractivity contribution in [3.63, 3.8) is 0 Å². The first-order chi connectivity index (χ1) is 15.0. The van der Waals surface area contributed by atoms with Crippen LogP contribution in [0, 0.1) is 23.4 Å². The lowest BCUT2D eigenvalue weighted by Gasteiger charge is -2.29. The number of ether oxygens (including phenoxy) is 1. The van der Waals surface area contributed by atoms with E-state index in [4.69, 9.17) is 4.74 Å². The predicted molar refractivity (Wildman–Crippen MR) is 119 cm³/mol. The number of unbranched alkanes of at least 4 members (excludes halogenated alkanes) is 2. The number of benzene rings is 2. The van der Waals surface area contributed by atoms with Crippen molar-refractivity contribution in [3.8, 4) is 5.19 Å². The summed E-state index contributed by atoms with van der Waals surface area (Å²) in [4.78, 5) is 4.24. The number of hydrogen-bond donors (Lipinski definition) is 0. The molecule has 2 nitrogen and oxygen atoms in total. The molecular weight excluding hydrogens is 419 g/mol. The lowest BCUT2D eigenvalue weighted by Crippen LogP contribution is -2.14. The van der Waals surface area contributed by atoms with E-state index in [1.54, 1.807) is 6.07 Å². The van der Waals surface area contributed by atoms with Gasteiger partial charge in [0.25, 0.3) is 5.19 Å². The van der Waals surface area contributed by atoms with E-state index < -0.39 is 11.6 Å². The quantitative estimate of drug-likeness (QED) is 0.325. The molecule has 1 heterocycles. The Morgan fingerprint density at radius 1 is 1.00 bits per heavy atom. The van der Waals surface area contributed by atoms with Crippen LogP contribution in [0.5, 0.6) is 5.19 Å². The van der Waals surface area contributed by atoms with Crippen LogP contribution in [-0.4, -0.2) is 4.98 Å². The lowest BCUT2D eigenvalue weighted by molar-refractivity contribution is 0.289. The highest BCUT2D eigenvalue weighted by atomic mass is 32.1. The topological polar surface area (TPSA) is 22.1 Å². The summed E-state index contributed by atoms with van der Waals surface area (Å²) in [6.45, 7) is 1.97. The fraction of sp³-hybridized carbons (Fsp3) is 0.480. The first-order valence-corrected chi connectivity index (χ1v) is 12.0. The highest BCUT2D eigenvalue weighted by Gasteiger charge is 2.24. The van der Waals surface area contributed by atoms with Crippen molar-refractivity contribution in [2.75, 3.05) is 0 Å². The fourth-order valence-electron chi connectivity index (χ4n) is 4.54. The molecule has 0 saturated heterocycles. The summed E-state index contributed by atoms with van der Waals surface area (Å²) in [6.07, 6.45) is 9.35. The Bertz CT molecular complexity index is 1000. The number of thiazole rings is 1. The summed E-state index contributed by atoms with van der Waals surface area (Å²) in [5, 5.41) is 0.268. The number of aromatic nitrogens is 1. The van der Waals surface area contributed by atoms with Gasteiger partial charge in [-0.3, -0.25) is 0 Å². The molecular formula is C25H28F3NOS. The molecule has 1 aliphatic carbocycles. The second kappa shape index (κ2) is 10.0. The van der Waals surface area contributed by atoms with E-state index in [9.17, 15) is 13.2 Å². The van der Waals surface area contributed by atoms with Gasteiger partial charge in [-0.1, -0.05) is 43.9 Å². The van der Waals surface area contributed by atoms with Crippen LogP contribution in [0.2, 0.25) is 0 Å². The second-order valence-electron chi connectivity index (χ2n) is 8.56. The van der Waals surface area contributed by atoms with E-state index in [0.29, 0.717) is 10.2 Å². The van der Waals surface area contributed by atoms with Gasteiger partial charge in [-0.15, -0.1) is 0 Å². The lowest BCUT2D eigenvalue weighted by atomic mass is 9.77. The van der Waals surface area contributed by atoms with E-state index >= 15 is 0 Å². The summed E-state index contributed by atoms with van der Waals surface area (Å²) in [7, 11) is 0. The summed E-state index contributed by atoms with van der Waals surface area (Å²) < 4.78 is 48.9. The van der Waals surface area contributed by atoms with Crippen molar-refractivity contribution in [1.29, 1.82) is 0 Å². The van der Waals surface area contributed by atoms with Gasteiger partial charge in [-0.25, -0.2) is 18.2 Å². The molecule has 6 heteroatoms. The van der Waals surface area contributed by atoms with Crippen LogP contribution in [0.15, 0.2) is 30.3 Å². The van der Waals surface area contributed by atoms with Crippen LogP contribution < -0.4 is 4.74 Å². The maximum Gasteiger partial charge on any atom is 0.274 e. The van der Waals surface area contributed by atoms with Crippen LogP contribution in [0.4, 0.5) is 13.2 Å². The van der Waals surface area contributed by atoms with Crippen molar-refractivity contribution < 1.29 is 17.9 Å². The van der Waals surface area contributed by atoms with Crippen molar-refractivity contribution in [3.05, 3.63) is 58.9 Å². The fourth-order valence-corrected chi connectivity index (χ4v) is 5.38. The first-order valence-electron chi connectivity index (χ1n) is 11.2. The molecule has 31 heavy (non-hydrogen) atoms. The molecule has 166 valence electrons. The Morgan fingerprint density at radius 3 is 2.45 bits per heavy atom. The molecule has 2 aromatic carbocycles. The first kappa shape index (κ1) is 22.1. The molecule has 0 aliphatic heterocycles. The van der Waals surface area contributed by atoms with Crippen molar-refractivity contribution in [1.82, 2.24) is 4.98 Å². The third kappa shape index (κ3) is 5.40. The molecule has 0 amide bonds. The number of fused-ring (bicyclic) bond motifs is 1. The molecule has 1 aromatic heterocycles. The molecule has 1 fully saturated rings. The zero-order valence-corrected chi connectivity index (χ0v) is 18.6. The van der Waals surface area contributed by atoms with E-state index in [0.717, 1.165) is 48.5 Å². The Kier molecular flexibility index (Phi) is 7.16. The molecule has 1 aliphatic rings. The molecule has 1 saturated carbocycles. The molecule has 0 radical (unpaired) electrons. The van der Waals surface area contributed by atoms with Crippen molar-refractivity contribution in [2.45, 2.75) is 70.8 Å². The molecule has 3 aromatic rings. The van der Waals surface area contributed by atoms with Crippen LogP contribution in [0.3, 0.4) is 0 Å². The van der Waals surface area contributed by atoms with E-state index in [1.165, 1.54) is 49.9 Å². The minimum atomic E-state index is -0.577. The zero-order valence-electron chi connectivity index (χ0n) is 17.8. The van der Waals surface area contributed by atoms with Crippen LogP contribution in [0.25, 0.3) is 10.2 Å². The molecule has 0 spiro atoms. The number of halogens is 3. The van der Waals surface area contributed by atoms with Gasteiger partial charge >= 0.3 is 0 Å². The number of nitrogens with zero attached hydrogens (tertiary/aromatic N) is 1. The Morgan fingerprint density at radius 2 is 1.74 bits per heavy atom. The summed E-state index contributed by atoms with van der Waals surface area (Å²) >= 11 is 1.16. The van der Waals surface area contributed by atoms with Crippen molar-refractivity contribution in [2.24, 2.45) is 5.92 Å². The third-order valence-electron chi connectivity index (χ3n) is 6.37. The van der Waals surface area contributed by atoms with Crippen molar-refractivity contribution >= 4 is 21.6 Å².